The summed E-state index contributed by atoms with van der Waals surface area (Å²) >= 11 is 0. The van der Waals surface area contributed by atoms with Gasteiger partial charge in [-0.05, 0) is 43.5 Å². The third kappa shape index (κ3) is 4.70. The van der Waals surface area contributed by atoms with Gasteiger partial charge >= 0.3 is 6.18 Å². The second-order valence-corrected chi connectivity index (χ2v) is 8.83. The van der Waals surface area contributed by atoms with Crippen molar-refractivity contribution < 1.29 is 21.6 Å². The lowest BCUT2D eigenvalue weighted by Crippen LogP contribution is -2.30. The van der Waals surface area contributed by atoms with E-state index < -0.39 is 21.6 Å². The van der Waals surface area contributed by atoms with Crippen LogP contribution in [0.3, 0.4) is 0 Å². The predicted octanol–water partition coefficient (Wildman–Crippen LogP) is 3.32. The summed E-state index contributed by atoms with van der Waals surface area (Å²) in [5, 5.41) is -0.325. The van der Waals surface area contributed by atoms with Crippen LogP contribution < -0.4 is 0 Å². The number of hydrogen-bond donors (Lipinski definition) is 0. The number of halogens is 3. The van der Waals surface area contributed by atoms with Crippen molar-refractivity contribution in [2.24, 2.45) is 0 Å². The molecule has 0 amide bonds. The maximum Gasteiger partial charge on any atom is 0.416 e. The largest absolute Gasteiger partial charge is 0.416 e. The summed E-state index contributed by atoms with van der Waals surface area (Å²) in [5.74, 6) is 0.196. The number of benzene rings is 1. The molecule has 3 nitrogen and oxygen atoms in total. The molecule has 1 fully saturated rings. The summed E-state index contributed by atoms with van der Waals surface area (Å²) in [4.78, 5) is 2.09. The number of rotatable bonds is 3. The van der Waals surface area contributed by atoms with Gasteiger partial charge in [0.25, 0.3) is 0 Å². The number of hydrogen-bond acceptors (Lipinski definition) is 3. The molecule has 0 N–H and O–H groups in total. The summed E-state index contributed by atoms with van der Waals surface area (Å²) in [6.07, 6.45) is -3.72. The van der Waals surface area contributed by atoms with Gasteiger partial charge in [-0.3, -0.25) is 0 Å². The summed E-state index contributed by atoms with van der Waals surface area (Å²) in [6, 6.07) is 5.21. The van der Waals surface area contributed by atoms with Crippen molar-refractivity contribution in [3.8, 4) is 0 Å². The van der Waals surface area contributed by atoms with Crippen molar-refractivity contribution in [2.75, 3.05) is 25.4 Å². The highest BCUT2D eigenvalue weighted by atomic mass is 32.2. The van der Waals surface area contributed by atoms with E-state index in [0.29, 0.717) is 26.1 Å². The van der Waals surface area contributed by atoms with Crippen LogP contribution in [0.15, 0.2) is 24.3 Å². The Morgan fingerprint density at radius 1 is 1.22 bits per heavy atom. The fraction of sp³-hybridized carbons (Fsp3) is 0.625. The lowest BCUT2D eigenvalue weighted by molar-refractivity contribution is -0.137. The van der Waals surface area contributed by atoms with Crippen molar-refractivity contribution in [3.63, 3.8) is 0 Å². The molecule has 1 saturated heterocycles. The third-order valence-electron chi connectivity index (χ3n) is 4.50. The molecule has 1 aliphatic heterocycles. The molecule has 2 atom stereocenters. The monoisotopic (exact) mass is 349 g/mol. The normalized spacial score (nSPS) is 24.1. The van der Waals surface area contributed by atoms with Crippen LogP contribution in [0.1, 0.15) is 37.3 Å². The quantitative estimate of drug-likeness (QED) is 0.840. The van der Waals surface area contributed by atoms with Crippen LogP contribution in [0.25, 0.3) is 0 Å². The highest BCUT2D eigenvalue weighted by Crippen LogP contribution is 2.30. The Bertz CT molecular complexity index is 626. The van der Waals surface area contributed by atoms with E-state index in [9.17, 15) is 21.6 Å². The zero-order valence-electron chi connectivity index (χ0n) is 13.3. The Hall–Kier alpha value is -1.08. The van der Waals surface area contributed by atoms with Crippen LogP contribution in [0, 0.1) is 0 Å². The molecule has 7 heteroatoms. The number of alkyl halides is 3. The molecule has 0 aromatic heterocycles. The molecular weight excluding hydrogens is 327 g/mol. The van der Waals surface area contributed by atoms with E-state index in [1.54, 1.807) is 6.92 Å². The van der Waals surface area contributed by atoms with Gasteiger partial charge in [0.05, 0.1) is 16.6 Å². The molecule has 2 rings (SSSR count). The Morgan fingerprint density at radius 2 is 1.83 bits per heavy atom. The molecule has 0 radical (unpaired) electrons. The van der Waals surface area contributed by atoms with Crippen molar-refractivity contribution in [1.29, 1.82) is 0 Å². The standard InChI is InChI=1S/C16H22F3NO2S/c1-12(14-3-5-15(6-4-14)16(17,18)19)11-20-8-7-13(2)23(21,22)10-9-20/h3-6,12-13H,7-11H2,1-2H3/t12-,13-/m1/s1. The molecule has 0 bridgehead atoms. The highest BCUT2D eigenvalue weighted by Gasteiger charge is 2.30. The van der Waals surface area contributed by atoms with Gasteiger partial charge in [0.1, 0.15) is 0 Å². The van der Waals surface area contributed by atoms with Crippen LogP contribution in [0.5, 0.6) is 0 Å². The molecule has 0 aliphatic carbocycles. The van der Waals surface area contributed by atoms with Crippen molar-refractivity contribution in [3.05, 3.63) is 35.4 Å². The molecule has 1 heterocycles. The van der Waals surface area contributed by atoms with E-state index in [1.165, 1.54) is 12.1 Å². The number of sulfone groups is 1. The molecule has 0 unspecified atom stereocenters. The lowest BCUT2D eigenvalue weighted by Gasteiger charge is -2.24. The fourth-order valence-corrected chi connectivity index (χ4v) is 4.17. The minimum absolute atomic E-state index is 0.0494. The van der Waals surface area contributed by atoms with Gasteiger partial charge in [0.2, 0.25) is 0 Å². The second-order valence-electron chi connectivity index (χ2n) is 6.29. The summed E-state index contributed by atoms with van der Waals surface area (Å²) in [7, 11) is -3.02. The molecule has 0 saturated carbocycles. The summed E-state index contributed by atoms with van der Waals surface area (Å²) < 4.78 is 61.6. The van der Waals surface area contributed by atoms with E-state index in [1.807, 2.05) is 6.92 Å². The average molecular weight is 349 g/mol. The van der Waals surface area contributed by atoms with Crippen LogP contribution in [-0.2, 0) is 16.0 Å². The van der Waals surface area contributed by atoms with Gasteiger partial charge in [-0.15, -0.1) is 0 Å². The van der Waals surface area contributed by atoms with Gasteiger partial charge in [0, 0.05) is 13.1 Å². The minimum atomic E-state index is -4.32. The molecule has 1 aliphatic rings. The van der Waals surface area contributed by atoms with E-state index in [-0.39, 0.29) is 16.9 Å². The molecule has 23 heavy (non-hydrogen) atoms. The smallest absolute Gasteiger partial charge is 0.302 e. The Kier molecular flexibility index (Phi) is 5.41. The zero-order valence-corrected chi connectivity index (χ0v) is 14.1. The maximum atomic E-state index is 12.6. The van der Waals surface area contributed by atoms with Gasteiger partial charge in [-0.1, -0.05) is 19.1 Å². The molecular formula is C16H22F3NO2S. The van der Waals surface area contributed by atoms with E-state index in [2.05, 4.69) is 4.90 Å². The van der Waals surface area contributed by atoms with Crippen LogP contribution in [-0.4, -0.2) is 44.0 Å². The highest BCUT2D eigenvalue weighted by molar-refractivity contribution is 7.92. The van der Waals surface area contributed by atoms with Gasteiger partial charge in [-0.2, -0.15) is 13.2 Å². The minimum Gasteiger partial charge on any atom is -0.302 e. The Labute approximate surface area is 135 Å². The SMILES string of the molecule is C[C@H](CN1CC[C@@H](C)S(=O)(=O)CC1)c1ccc(C(F)(F)F)cc1. The van der Waals surface area contributed by atoms with Crippen LogP contribution >= 0.6 is 0 Å². The van der Waals surface area contributed by atoms with Crippen LogP contribution in [0.2, 0.25) is 0 Å². The second kappa shape index (κ2) is 6.81. The first kappa shape index (κ1) is 18.3. The first-order valence-corrected chi connectivity index (χ1v) is 9.42. The molecule has 1 aromatic rings. The number of nitrogens with zero attached hydrogens (tertiary/aromatic N) is 1. The zero-order chi connectivity index (χ0) is 17.3. The summed E-state index contributed by atoms with van der Waals surface area (Å²) in [6.45, 7) is 5.51. The van der Waals surface area contributed by atoms with Crippen LogP contribution in [0.4, 0.5) is 13.2 Å². The van der Waals surface area contributed by atoms with Gasteiger partial charge in [-0.25, -0.2) is 8.42 Å². The predicted molar refractivity (Wildman–Crippen MR) is 84.2 cm³/mol. The molecule has 1 aromatic carbocycles. The first-order chi connectivity index (χ1) is 10.6. The van der Waals surface area contributed by atoms with Crippen molar-refractivity contribution in [2.45, 2.75) is 37.6 Å². The van der Waals surface area contributed by atoms with E-state index >= 15 is 0 Å². The Morgan fingerprint density at radius 3 is 2.39 bits per heavy atom. The van der Waals surface area contributed by atoms with Gasteiger partial charge < -0.3 is 4.90 Å². The maximum absolute atomic E-state index is 12.6. The Balaban J connectivity index is 2.00. The molecule has 130 valence electrons. The van der Waals surface area contributed by atoms with Crippen molar-refractivity contribution >= 4 is 9.84 Å². The topological polar surface area (TPSA) is 37.4 Å². The lowest BCUT2D eigenvalue weighted by atomic mass is 9.99. The van der Waals surface area contributed by atoms with Gasteiger partial charge in [0.15, 0.2) is 9.84 Å². The van der Waals surface area contributed by atoms with E-state index in [4.69, 9.17) is 0 Å². The third-order valence-corrected chi connectivity index (χ3v) is 6.71. The first-order valence-electron chi connectivity index (χ1n) is 7.70. The molecule has 0 spiro atoms. The fourth-order valence-electron chi connectivity index (χ4n) is 2.79. The summed E-state index contributed by atoms with van der Waals surface area (Å²) in [5.41, 5.74) is 0.182. The average Bonchev–Trinajstić information content (AvgIpc) is 2.59. The van der Waals surface area contributed by atoms with Crippen molar-refractivity contribution in [1.82, 2.24) is 4.90 Å². The van der Waals surface area contributed by atoms with E-state index in [0.717, 1.165) is 17.7 Å².